The average Bonchev–Trinajstić information content (AvgIpc) is 3.39. The molecule has 8 nitrogen and oxygen atoms in total. The van der Waals surface area contributed by atoms with E-state index in [2.05, 4.69) is 25.4 Å². The van der Waals surface area contributed by atoms with E-state index in [9.17, 15) is 9.50 Å². The van der Waals surface area contributed by atoms with Crippen molar-refractivity contribution in [2.75, 3.05) is 19.0 Å². The van der Waals surface area contributed by atoms with Gasteiger partial charge in [-0.25, -0.2) is 13.5 Å². The van der Waals surface area contributed by atoms with Gasteiger partial charge in [-0.2, -0.15) is 0 Å². The molecule has 2 aromatic heterocycles. The summed E-state index contributed by atoms with van der Waals surface area (Å²) in [5, 5.41) is 26.2. The lowest BCUT2D eigenvalue weighted by Crippen LogP contribution is -2.56. The Hall–Kier alpha value is -3.14. The third kappa shape index (κ3) is 3.31. The van der Waals surface area contributed by atoms with Gasteiger partial charge in [0.2, 0.25) is 0 Å². The summed E-state index contributed by atoms with van der Waals surface area (Å²) >= 11 is 0. The number of hydrogen-bond acceptors (Lipinski definition) is 7. The second kappa shape index (κ2) is 7.52. The Kier molecular flexibility index (Phi) is 4.81. The monoisotopic (exact) mass is 427 g/mol. The maximum absolute atomic E-state index is 15.1. The lowest BCUT2D eigenvalue weighted by molar-refractivity contribution is 0.0701. The number of alkyl halides is 1. The lowest BCUT2D eigenvalue weighted by atomic mass is 9.95. The Morgan fingerprint density at radius 1 is 1.19 bits per heavy atom. The van der Waals surface area contributed by atoms with Gasteiger partial charge in [-0.1, -0.05) is 5.21 Å². The van der Waals surface area contributed by atoms with Crippen molar-refractivity contribution in [2.24, 2.45) is 0 Å². The van der Waals surface area contributed by atoms with Crippen LogP contribution in [0.5, 0.6) is 5.75 Å². The molecule has 2 aliphatic heterocycles. The first-order valence-electron chi connectivity index (χ1n) is 10.3. The van der Waals surface area contributed by atoms with Gasteiger partial charge >= 0.3 is 0 Å². The number of rotatable bonds is 4. The van der Waals surface area contributed by atoms with Crippen molar-refractivity contribution >= 4 is 5.82 Å². The van der Waals surface area contributed by atoms with Crippen LogP contribution in [0.15, 0.2) is 36.7 Å². The first kappa shape index (κ1) is 19.8. The third-order valence-electron chi connectivity index (χ3n) is 6.66. The van der Waals surface area contributed by atoms with Crippen LogP contribution in [0.3, 0.4) is 0 Å². The van der Waals surface area contributed by atoms with Crippen LogP contribution in [0.1, 0.15) is 19.3 Å². The zero-order valence-corrected chi connectivity index (χ0v) is 17.2. The highest BCUT2D eigenvalue weighted by molar-refractivity contribution is 5.69. The molecule has 0 spiro atoms. The van der Waals surface area contributed by atoms with E-state index < -0.39 is 12.0 Å². The standard InChI is InChI=1S/C21H23F2N7O/c1-28-12-3-5-16(28)21(23)18(9-12)29(2)20-6-4-15(25-26-20)13-10-14(22)17(11-19(13)31)30-8-7-24-27-30/h4,6-8,10-12,16,18,21,31H,3,5,9H2,1-2H3/t12?,16?,18-,21+/m1/s1. The number of anilines is 1. The first-order chi connectivity index (χ1) is 14.9. The van der Waals surface area contributed by atoms with Gasteiger partial charge in [-0.05, 0) is 44.5 Å². The van der Waals surface area contributed by atoms with Crippen LogP contribution >= 0.6 is 0 Å². The largest absolute Gasteiger partial charge is 0.507 e. The number of aromatic hydroxyl groups is 1. The fraction of sp³-hybridized carbons (Fsp3) is 0.429. The number of fused-ring (bicyclic) bond motifs is 2. The quantitative estimate of drug-likeness (QED) is 0.685. The van der Waals surface area contributed by atoms with E-state index in [1.807, 2.05) is 19.0 Å². The number of hydrogen-bond donors (Lipinski definition) is 1. The molecule has 162 valence electrons. The smallest absolute Gasteiger partial charge is 0.151 e. The van der Waals surface area contributed by atoms with Crippen molar-refractivity contribution in [3.05, 3.63) is 42.5 Å². The number of piperidine rings is 1. The van der Waals surface area contributed by atoms with Crippen molar-refractivity contribution in [1.82, 2.24) is 30.1 Å². The molecule has 2 fully saturated rings. The van der Waals surface area contributed by atoms with Gasteiger partial charge in [0.1, 0.15) is 23.4 Å². The molecular weight excluding hydrogens is 404 g/mol. The van der Waals surface area contributed by atoms with E-state index in [4.69, 9.17) is 0 Å². The molecule has 0 saturated carbocycles. The van der Waals surface area contributed by atoms with Crippen molar-refractivity contribution in [3.63, 3.8) is 0 Å². The minimum atomic E-state index is -0.960. The molecule has 1 N–H and O–H groups in total. The summed E-state index contributed by atoms with van der Waals surface area (Å²) in [6, 6.07) is 5.90. The first-order valence-corrected chi connectivity index (χ1v) is 10.3. The van der Waals surface area contributed by atoms with E-state index in [-0.39, 0.29) is 29.1 Å². The molecule has 31 heavy (non-hydrogen) atoms. The van der Waals surface area contributed by atoms with E-state index in [1.54, 1.807) is 12.1 Å². The van der Waals surface area contributed by atoms with Crippen molar-refractivity contribution < 1.29 is 13.9 Å². The summed E-state index contributed by atoms with van der Waals surface area (Å²) in [5.41, 5.74) is 0.608. The van der Waals surface area contributed by atoms with Gasteiger partial charge in [0.25, 0.3) is 0 Å². The summed E-state index contributed by atoms with van der Waals surface area (Å²) < 4.78 is 30.9. The molecular formula is C21H23F2N7O. The van der Waals surface area contributed by atoms with Gasteiger partial charge in [-0.15, -0.1) is 15.3 Å². The van der Waals surface area contributed by atoms with Gasteiger partial charge in [0.05, 0.1) is 24.1 Å². The number of aromatic nitrogens is 5. The summed E-state index contributed by atoms with van der Waals surface area (Å²) in [6.07, 6.45) is 4.58. The Morgan fingerprint density at radius 3 is 2.74 bits per heavy atom. The molecule has 0 aliphatic carbocycles. The van der Waals surface area contributed by atoms with Crippen LogP contribution in [0, 0.1) is 5.82 Å². The fourth-order valence-electron chi connectivity index (χ4n) is 4.84. The number of nitrogens with zero attached hydrogens (tertiary/aromatic N) is 7. The van der Waals surface area contributed by atoms with Crippen molar-refractivity contribution in [1.29, 1.82) is 0 Å². The number of halogens is 2. The number of benzene rings is 1. The molecule has 0 radical (unpaired) electrons. The highest BCUT2D eigenvalue weighted by Gasteiger charge is 2.47. The van der Waals surface area contributed by atoms with Crippen LogP contribution in [-0.4, -0.2) is 73.6 Å². The zero-order valence-electron chi connectivity index (χ0n) is 17.2. The summed E-state index contributed by atoms with van der Waals surface area (Å²) in [4.78, 5) is 4.00. The maximum atomic E-state index is 15.1. The highest BCUT2D eigenvalue weighted by atomic mass is 19.1. The fourth-order valence-corrected chi connectivity index (χ4v) is 4.84. The SMILES string of the molecule is CN1C2CCC1[C@H](F)[C@H](N(C)c1ccc(-c3cc(F)c(-n4ccnn4)cc3O)nn1)C2. The van der Waals surface area contributed by atoms with E-state index in [1.165, 1.54) is 29.2 Å². The minimum Gasteiger partial charge on any atom is -0.507 e. The second-order valence-electron chi connectivity index (χ2n) is 8.27. The molecule has 4 heterocycles. The predicted molar refractivity (Wildman–Crippen MR) is 110 cm³/mol. The molecule has 2 saturated heterocycles. The normalized spacial score (nSPS) is 25.7. The van der Waals surface area contributed by atoms with E-state index >= 15 is 4.39 Å². The Bertz CT molecular complexity index is 1080. The minimum absolute atomic E-state index is 0.0538. The molecule has 1 aromatic carbocycles. The molecule has 2 aliphatic rings. The number of phenols is 1. The molecule has 5 rings (SSSR count). The van der Waals surface area contributed by atoms with E-state index in [0.717, 1.165) is 19.3 Å². The van der Waals surface area contributed by atoms with E-state index in [0.29, 0.717) is 17.6 Å². The predicted octanol–water partition coefficient (Wildman–Crippen LogP) is 2.58. The topological polar surface area (TPSA) is 83.2 Å². The van der Waals surface area contributed by atoms with Gasteiger partial charge in [0, 0.05) is 30.8 Å². The van der Waals surface area contributed by atoms with Crippen LogP contribution < -0.4 is 4.90 Å². The Balaban J connectivity index is 1.39. The maximum Gasteiger partial charge on any atom is 0.151 e. The van der Waals surface area contributed by atoms with Gasteiger partial charge in [-0.3, -0.25) is 4.90 Å². The average molecular weight is 427 g/mol. The Labute approximate surface area is 178 Å². The van der Waals surface area contributed by atoms with Crippen LogP contribution in [0.4, 0.5) is 14.6 Å². The summed E-state index contributed by atoms with van der Waals surface area (Å²) in [6.45, 7) is 0. The molecule has 10 heteroatoms. The summed E-state index contributed by atoms with van der Waals surface area (Å²) in [5.74, 6) is -0.194. The Morgan fingerprint density at radius 2 is 2.03 bits per heavy atom. The molecule has 4 atom stereocenters. The third-order valence-corrected chi connectivity index (χ3v) is 6.66. The number of phenolic OH excluding ortho intramolecular Hbond substituents is 1. The van der Waals surface area contributed by atoms with Crippen molar-refractivity contribution in [2.45, 2.75) is 43.6 Å². The zero-order chi connectivity index (χ0) is 21.7. The molecule has 3 aromatic rings. The van der Waals surface area contributed by atoms with Crippen LogP contribution in [0.25, 0.3) is 16.9 Å². The van der Waals surface area contributed by atoms with Gasteiger partial charge in [0.15, 0.2) is 5.82 Å². The highest BCUT2D eigenvalue weighted by Crippen LogP contribution is 2.39. The molecule has 2 bridgehead atoms. The van der Waals surface area contributed by atoms with Crippen LogP contribution in [-0.2, 0) is 0 Å². The van der Waals surface area contributed by atoms with Gasteiger partial charge < -0.3 is 10.0 Å². The van der Waals surface area contributed by atoms with Crippen LogP contribution in [0.2, 0.25) is 0 Å². The summed E-state index contributed by atoms with van der Waals surface area (Å²) in [7, 11) is 3.83. The molecule has 0 amide bonds. The molecule has 2 unspecified atom stereocenters. The second-order valence-corrected chi connectivity index (χ2v) is 8.27. The van der Waals surface area contributed by atoms with Crippen molar-refractivity contribution in [3.8, 4) is 22.7 Å². The lowest BCUT2D eigenvalue weighted by Gasteiger charge is -2.43.